The third-order valence-corrected chi connectivity index (χ3v) is 3.56. The summed E-state index contributed by atoms with van der Waals surface area (Å²) in [6.07, 6.45) is 0. The lowest BCUT2D eigenvalue weighted by molar-refractivity contribution is -0.150. The number of nitrogens with zero attached hydrogens (tertiary/aromatic N) is 3. The van der Waals surface area contributed by atoms with E-state index in [2.05, 4.69) is 4.98 Å². The molecule has 1 fully saturated rings. The molecule has 0 radical (unpaired) electrons. The molecule has 7 heteroatoms. The molecule has 2 amide bonds. The summed E-state index contributed by atoms with van der Waals surface area (Å²) >= 11 is 0. The molecule has 110 valence electrons. The molecule has 0 aliphatic carbocycles. The Labute approximate surface area is 121 Å². The van der Waals surface area contributed by atoms with Gasteiger partial charge < -0.3 is 20.0 Å². The Morgan fingerprint density at radius 1 is 1.24 bits per heavy atom. The third-order valence-electron chi connectivity index (χ3n) is 3.56. The van der Waals surface area contributed by atoms with Crippen LogP contribution in [-0.4, -0.2) is 46.2 Å². The Balaban J connectivity index is 1.80. The SMILES string of the molecule is CCN1CC(=O)N(Cc2nc3c(N)cccc3o2)CC1=O. The van der Waals surface area contributed by atoms with Crippen molar-refractivity contribution in [2.24, 2.45) is 0 Å². The molecule has 2 heterocycles. The van der Waals surface area contributed by atoms with Crippen molar-refractivity contribution in [2.75, 3.05) is 25.4 Å². The molecular formula is C14H16N4O3. The van der Waals surface area contributed by atoms with Crippen molar-refractivity contribution in [1.82, 2.24) is 14.8 Å². The summed E-state index contributed by atoms with van der Waals surface area (Å²) < 4.78 is 5.58. The quantitative estimate of drug-likeness (QED) is 0.835. The standard InChI is InChI=1S/C14H16N4O3/c1-2-17-7-13(20)18(8-12(17)19)6-11-16-14-9(15)4-3-5-10(14)21-11/h3-5H,2,6-8,15H2,1H3. The topological polar surface area (TPSA) is 92.7 Å². The molecule has 0 bridgehead atoms. The Kier molecular flexibility index (Phi) is 3.25. The maximum Gasteiger partial charge on any atom is 0.243 e. The summed E-state index contributed by atoms with van der Waals surface area (Å²) in [4.78, 5) is 31.2. The van der Waals surface area contributed by atoms with Gasteiger partial charge in [-0.2, -0.15) is 0 Å². The second-order valence-electron chi connectivity index (χ2n) is 4.96. The number of rotatable bonds is 3. The smallest absolute Gasteiger partial charge is 0.243 e. The molecule has 2 aromatic rings. The van der Waals surface area contributed by atoms with Crippen molar-refractivity contribution >= 4 is 28.6 Å². The van der Waals surface area contributed by atoms with Crippen molar-refractivity contribution in [2.45, 2.75) is 13.5 Å². The number of aromatic nitrogens is 1. The number of anilines is 1. The highest BCUT2D eigenvalue weighted by Gasteiger charge is 2.29. The van der Waals surface area contributed by atoms with Crippen LogP contribution >= 0.6 is 0 Å². The first-order valence-corrected chi connectivity index (χ1v) is 6.78. The Morgan fingerprint density at radius 2 is 1.95 bits per heavy atom. The molecule has 0 spiro atoms. The van der Waals surface area contributed by atoms with Crippen LogP contribution < -0.4 is 5.73 Å². The predicted molar refractivity (Wildman–Crippen MR) is 76.1 cm³/mol. The minimum Gasteiger partial charge on any atom is -0.439 e. The Morgan fingerprint density at radius 3 is 2.67 bits per heavy atom. The number of para-hydroxylation sites is 1. The zero-order chi connectivity index (χ0) is 15.0. The van der Waals surface area contributed by atoms with E-state index in [1.54, 1.807) is 18.2 Å². The maximum absolute atomic E-state index is 12.0. The number of hydrogen-bond donors (Lipinski definition) is 1. The normalized spacial score (nSPS) is 16.0. The van der Waals surface area contributed by atoms with Gasteiger partial charge in [0.1, 0.15) is 12.1 Å². The average molecular weight is 288 g/mol. The van der Waals surface area contributed by atoms with Gasteiger partial charge in [0.15, 0.2) is 5.58 Å². The van der Waals surface area contributed by atoms with Gasteiger partial charge in [0.2, 0.25) is 17.7 Å². The van der Waals surface area contributed by atoms with Crippen LogP contribution in [0, 0.1) is 0 Å². The van der Waals surface area contributed by atoms with Gasteiger partial charge in [0.05, 0.1) is 18.8 Å². The predicted octanol–water partition coefficient (Wildman–Crippen LogP) is 0.601. The molecule has 1 aromatic carbocycles. The molecular weight excluding hydrogens is 272 g/mol. The van der Waals surface area contributed by atoms with Crippen molar-refractivity contribution < 1.29 is 14.0 Å². The number of amides is 2. The number of benzene rings is 1. The molecule has 0 saturated carbocycles. The molecule has 7 nitrogen and oxygen atoms in total. The fourth-order valence-electron chi connectivity index (χ4n) is 2.38. The third kappa shape index (κ3) is 2.42. The summed E-state index contributed by atoms with van der Waals surface area (Å²) in [5.41, 5.74) is 7.51. The molecule has 0 unspecified atom stereocenters. The number of carbonyl (C=O) groups is 2. The van der Waals surface area contributed by atoms with E-state index >= 15 is 0 Å². The summed E-state index contributed by atoms with van der Waals surface area (Å²) in [5, 5.41) is 0. The zero-order valence-corrected chi connectivity index (χ0v) is 11.7. The molecule has 1 aliphatic heterocycles. The Hall–Kier alpha value is -2.57. The van der Waals surface area contributed by atoms with Crippen LogP contribution in [0.5, 0.6) is 0 Å². The largest absolute Gasteiger partial charge is 0.439 e. The van der Waals surface area contributed by atoms with Crippen LogP contribution in [0.4, 0.5) is 5.69 Å². The van der Waals surface area contributed by atoms with E-state index < -0.39 is 0 Å². The van der Waals surface area contributed by atoms with Gasteiger partial charge in [0.25, 0.3) is 0 Å². The second-order valence-corrected chi connectivity index (χ2v) is 4.96. The van der Waals surface area contributed by atoms with Crippen molar-refractivity contribution in [3.8, 4) is 0 Å². The highest BCUT2D eigenvalue weighted by molar-refractivity contribution is 5.92. The van der Waals surface area contributed by atoms with Crippen LogP contribution in [0.3, 0.4) is 0 Å². The maximum atomic E-state index is 12.0. The lowest BCUT2D eigenvalue weighted by Gasteiger charge is -2.32. The summed E-state index contributed by atoms with van der Waals surface area (Å²) in [6, 6.07) is 5.29. The Bertz CT molecular complexity index is 709. The van der Waals surface area contributed by atoms with Crippen molar-refractivity contribution in [1.29, 1.82) is 0 Å². The first-order chi connectivity index (χ1) is 10.1. The van der Waals surface area contributed by atoms with E-state index in [1.165, 1.54) is 9.80 Å². The number of nitrogens with two attached hydrogens (primary N) is 1. The van der Waals surface area contributed by atoms with Gasteiger partial charge in [-0.1, -0.05) is 6.07 Å². The van der Waals surface area contributed by atoms with Crippen LogP contribution in [-0.2, 0) is 16.1 Å². The summed E-state index contributed by atoms with van der Waals surface area (Å²) in [6.45, 7) is 2.73. The minimum absolute atomic E-state index is 0.0564. The average Bonchev–Trinajstić information content (AvgIpc) is 2.86. The number of carbonyl (C=O) groups excluding carboxylic acids is 2. The van der Waals surface area contributed by atoms with Crippen LogP contribution in [0.15, 0.2) is 22.6 Å². The first-order valence-electron chi connectivity index (χ1n) is 6.78. The van der Waals surface area contributed by atoms with E-state index in [0.717, 1.165) is 0 Å². The van der Waals surface area contributed by atoms with E-state index in [0.29, 0.717) is 29.2 Å². The fraction of sp³-hybridized carbons (Fsp3) is 0.357. The van der Waals surface area contributed by atoms with E-state index in [4.69, 9.17) is 10.2 Å². The van der Waals surface area contributed by atoms with Gasteiger partial charge in [-0.3, -0.25) is 9.59 Å². The fourth-order valence-corrected chi connectivity index (χ4v) is 2.38. The van der Waals surface area contributed by atoms with Crippen LogP contribution in [0.1, 0.15) is 12.8 Å². The van der Waals surface area contributed by atoms with Gasteiger partial charge in [-0.15, -0.1) is 0 Å². The van der Waals surface area contributed by atoms with Crippen LogP contribution in [0.2, 0.25) is 0 Å². The highest BCUT2D eigenvalue weighted by atomic mass is 16.3. The summed E-state index contributed by atoms with van der Waals surface area (Å²) in [5.74, 6) is 0.216. The van der Waals surface area contributed by atoms with Gasteiger partial charge in [0, 0.05) is 6.54 Å². The van der Waals surface area contributed by atoms with Gasteiger partial charge >= 0.3 is 0 Å². The number of fused-ring (bicyclic) bond motifs is 1. The van der Waals surface area contributed by atoms with Crippen molar-refractivity contribution in [3.63, 3.8) is 0 Å². The van der Waals surface area contributed by atoms with Gasteiger partial charge in [-0.05, 0) is 19.1 Å². The summed E-state index contributed by atoms with van der Waals surface area (Å²) in [7, 11) is 0. The number of piperazine rings is 1. The zero-order valence-electron chi connectivity index (χ0n) is 11.7. The molecule has 1 saturated heterocycles. The van der Waals surface area contributed by atoms with E-state index in [-0.39, 0.29) is 31.4 Å². The molecule has 0 atom stereocenters. The second kappa shape index (κ2) is 5.08. The lowest BCUT2D eigenvalue weighted by Crippen LogP contribution is -2.53. The number of likely N-dealkylation sites (N-methyl/N-ethyl adjacent to an activating group) is 1. The minimum atomic E-state index is -0.105. The molecule has 2 N–H and O–H groups in total. The van der Waals surface area contributed by atoms with Crippen LogP contribution in [0.25, 0.3) is 11.1 Å². The number of oxazole rings is 1. The number of hydrogen-bond acceptors (Lipinski definition) is 5. The molecule has 21 heavy (non-hydrogen) atoms. The first kappa shape index (κ1) is 13.4. The van der Waals surface area contributed by atoms with E-state index in [9.17, 15) is 9.59 Å². The monoisotopic (exact) mass is 288 g/mol. The molecule has 1 aliphatic rings. The highest BCUT2D eigenvalue weighted by Crippen LogP contribution is 2.22. The molecule has 3 rings (SSSR count). The number of nitrogen functional groups attached to an aromatic ring is 1. The lowest BCUT2D eigenvalue weighted by atomic mass is 10.3. The van der Waals surface area contributed by atoms with E-state index in [1.807, 2.05) is 6.92 Å². The van der Waals surface area contributed by atoms with Crippen molar-refractivity contribution in [3.05, 3.63) is 24.1 Å². The van der Waals surface area contributed by atoms with Gasteiger partial charge in [-0.25, -0.2) is 4.98 Å². The molecule has 1 aromatic heterocycles.